The zero-order valence-electron chi connectivity index (χ0n) is 16.4. The highest BCUT2D eigenvalue weighted by Gasteiger charge is 2.19. The summed E-state index contributed by atoms with van der Waals surface area (Å²) < 4.78 is 8.49. The quantitative estimate of drug-likeness (QED) is 0.695. The van der Waals surface area contributed by atoms with E-state index in [0.29, 0.717) is 22.4 Å². The maximum atomic E-state index is 13.2. The van der Waals surface area contributed by atoms with E-state index in [1.165, 1.54) is 15.9 Å². The summed E-state index contributed by atoms with van der Waals surface area (Å²) in [4.78, 5) is 38.7. The lowest BCUT2D eigenvalue weighted by atomic mass is 10.1. The van der Waals surface area contributed by atoms with Crippen LogP contribution in [0.4, 0.5) is 0 Å². The van der Waals surface area contributed by atoms with Gasteiger partial charge in [0.25, 0.3) is 5.56 Å². The molecule has 3 aromatic rings. The molecule has 1 N–H and O–H groups in total. The minimum absolute atomic E-state index is 0.0290. The molecule has 152 valence electrons. The molecule has 1 aliphatic rings. The van der Waals surface area contributed by atoms with Gasteiger partial charge in [-0.3, -0.25) is 14.2 Å². The second-order valence-electron chi connectivity index (χ2n) is 7.35. The van der Waals surface area contributed by atoms with Crippen LogP contribution in [0.5, 0.6) is 0 Å². The number of carbonyl (C=O) groups excluding carboxylic acids is 1. The van der Waals surface area contributed by atoms with Crippen molar-refractivity contribution < 1.29 is 9.53 Å². The Bertz CT molecular complexity index is 1180. The molecule has 1 atom stereocenters. The van der Waals surface area contributed by atoms with Crippen LogP contribution < -0.4 is 16.6 Å². The van der Waals surface area contributed by atoms with E-state index < -0.39 is 5.69 Å². The number of ether oxygens (including phenoxy) is 1. The molecule has 0 aliphatic carbocycles. The van der Waals surface area contributed by atoms with Gasteiger partial charge in [-0.1, -0.05) is 6.07 Å². The van der Waals surface area contributed by atoms with Crippen molar-refractivity contribution in [3.63, 3.8) is 0 Å². The zero-order chi connectivity index (χ0) is 20.5. The lowest BCUT2D eigenvalue weighted by Crippen LogP contribution is -2.42. The average Bonchev–Trinajstić information content (AvgIpc) is 3.38. The Kier molecular flexibility index (Phi) is 5.38. The molecule has 7 nitrogen and oxygen atoms in total. The van der Waals surface area contributed by atoms with Crippen molar-refractivity contribution >= 4 is 27.5 Å². The first kappa shape index (κ1) is 19.6. The summed E-state index contributed by atoms with van der Waals surface area (Å²) in [6, 6.07) is 7.17. The summed E-state index contributed by atoms with van der Waals surface area (Å²) in [6.45, 7) is 4.91. The number of nitrogens with one attached hydrogen (secondary N) is 1. The highest BCUT2D eigenvalue weighted by atomic mass is 32.1. The Hall–Kier alpha value is -2.71. The fourth-order valence-corrected chi connectivity index (χ4v) is 4.39. The number of hydrogen-bond donors (Lipinski definition) is 1. The minimum Gasteiger partial charge on any atom is -0.376 e. The highest BCUT2D eigenvalue weighted by molar-refractivity contribution is 7.17. The predicted molar refractivity (Wildman–Crippen MR) is 113 cm³/mol. The number of rotatable bonds is 5. The third kappa shape index (κ3) is 3.77. The number of amides is 1. The second kappa shape index (κ2) is 7.96. The number of hydrogen-bond acceptors (Lipinski definition) is 5. The average molecular weight is 413 g/mol. The van der Waals surface area contributed by atoms with Gasteiger partial charge in [0.1, 0.15) is 11.2 Å². The molecule has 1 amide bonds. The number of aromatic nitrogens is 2. The van der Waals surface area contributed by atoms with Crippen LogP contribution >= 0.6 is 11.3 Å². The van der Waals surface area contributed by atoms with Crippen LogP contribution in [0.15, 0.2) is 39.2 Å². The van der Waals surface area contributed by atoms with Crippen molar-refractivity contribution in [2.75, 3.05) is 13.2 Å². The van der Waals surface area contributed by atoms with Gasteiger partial charge in [0.2, 0.25) is 5.91 Å². The van der Waals surface area contributed by atoms with E-state index in [1.807, 2.05) is 26.0 Å². The molecule has 1 aromatic carbocycles. The van der Waals surface area contributed by atoms with Gasteiger partial charge < -0.3 is 10.1 Å². The van der Waals surface area contributed by atoms with E-state index in [1.54, 1.807) is 17.5 Å². The maximum absolute atomic E-state index is 13.2. The van der Waals surface area contributed by atoms with Crippen LogP contribution in [-0.4, -0.2) is 34.3 Å². The van der Waals surface area contributed by atoms with Crippen molar-refractivity contribution in [2.45, 2.75) is 39.3 Å². The van der Waals surface area contributed by atoms with E-state index in [0.717, 1.165) is 35.1 Å². The number of aryl methyl sites for hydroxylation is 2. The second-order valence-corrected chi connectivity index (χ2v) is 8.27. The molecule has 4 rings (SSSR count). The normalized spacial score (nSPS) is 16.4. The Morgan fingerprint density at radius 3 is 2.79 bits per heavy atom. The van der Waals surface area contributed by atoms with Gasteiger partial charge in [-0.05, 0) is 61.4 Å². The molecule has 1 aliphatic heterocycles. The van der Waals surface area contributed by atoms with Gasteiger partial charge in [0, 0.05) is 13.2 Å². The third-order valence-corrected chi connectivity index (χ3v) is 6.25. The van der Waals surface area contributed by atoms with Crippen molar-refractivity contribution in [1.29, 1.82) is 0 Å². The summed E-state index contributed by atoms with van der Waals surface area (Å²) >= 11 is 1.27. The van der Waals surface area contributed by atoms with Gasteiger partial charge >= 0.3 is 5.69 Å². The molecule has 0 unspecified atom stereocenters. The molecule has 2 aromatic heterocycles. The van der Waals surface area contributed by atoms with Crippen LogP contribution in [0, 0.1) is 13.8 Å². The van der Waals surface area contributed by atoms with Crippen LogP contribution in [0.25, 0.3) is 15.9 Å². The third-order valence-electron chi connectivity index (χ3n) is 5.36. The van der Waals surface area contributed by atoms with E-state index in [4.69, 9.17) is 4.74 Å². The van der Waals surface area contributed by atoms with Gasteiger partial charge in [-0.15, -0.1) is 11.3 Å². The number of benzene rings is 1. The van der Waals surface area contributed by atoms with Crippen LogP contribution in [-0.2, 0) is 16.1 Å². The number of thiophene rings is 1. The van der Waals surface area contributed by atoms with Crippen LogP contribution in [0.2, 0.25) is 0 Å². The number of fused-ring (bicyclic) bond motifs is 1. The molecule has 3 heterocycles. The number of carbonyl (C=O) groups is 1. The first-order valence-corrected chi connectivity index (χ1v) is 10.5. The molecule has 29 heavy (non-hydrogen) atoms. The molecular weight excluding hydrogens is 390 g/mol. The molecular formula is C21H23N3O4S. The largest absolute Gasteiger partial charge is 0.376 e. The Labute approximate surface area is 171 Å². The summed E-state index contributed by atoms with van der Waals surface area (Å²) in [5.74, 6) is -0.277. The van der Waals surface area contributed by atoms with E-state index in [2.05, 4.69) is 5.32 Å². The Morgan fingerprint density at radius 1 is 1.24 bits per heavy atom. The summed E-state index contributed by atoms with van der Waals surface area (Å²) in [6.07, 6.45) is 1.95. The fourth-order valence-electron chi connectivity index (χ4n) is 3.56. The standard InChI is InChI=1S/C21H23N3O4S/c1-13-5-6-15(10-14(13)2)24-20(26)19-17(7-9-29-19)23(21(24)27)12-18(25)22-11-16-4-3-8-28-16/h5-7,9-10,16H,3-4,8,11-12H2,1-2H3,(H,22,25)/t16-/m0/s1. The van der Waals surface area contributed by atoms with Crippen molar-refractivity contribution in [1.82, 2.24) is 14.5 Å². The van der Waals surface area contributed by atoms with E-state index in [9.17, 15) is 14.4 Å². The highest BCUT2D eigenvalue weighted by Crippen LogP contribution is 2.18. The first-order valence-electron chi connectivity index (χ1n) is 9.64. The summed E-state index contributed by atoms with van der Waals surface area (Å²) in [5.41, 5.74) is 2.17. The van der Waals surface area contributed by atoms with E-state index >= 15 is 0 Å². The maximum Gasteiger partial charge on any atom is 0.336 e. The lowest BCUT2D eigenvalue weighted by Gasteiger charge is -2.14. The van der Waals surface area contributed by atoms with Crippen LogP contribution in [0.1, 0.15) is 24.0 Å². The summed E-state index contributed by atoms with van der Waals surface area (Å²) in [7, 11) is 0. The molecule has 0 spiro atoms. The van der Waals surface area contributed by atoms with Gasteiger partial charge in [-0.25, -0.2) is 9.36 Å². The van der Waals surface area contributed by atoms with Crippen molar-refractivity contribution in [2.24, 2.45) is 0 Å². The molecule has 0 radical (unpaired) electrons. The monoisotopic (exact) mass is 413 g/mol. The van der Waals surface area contributed by atoms with Crippen molar-refractivity contribution in [3.05, 3.63) is 61.6 Å². The molecule has 8 heteroatoms. The molecule has 0 saturated carbocycles. The van der Waals surface area contributed by atoms with Gasteiger partial charge in [0.05, 0.1) is 17.3 Å². The smallest absolute Gasteiger partial charge is 0.336 e. The molecule has 1 saturated heterocycles. The predicted octanol–water partition coefficient (Wildman–Crippen LogP) is 2.13. The van der Waals surface area contributed by atoms with Crippen LogP contribution in [0.3, 0.4) is 0 Å². The van der Waals surface area contributed by atoms with E-state index in [-0.39, 0.29) is 24.1 Å². The lowest BCUT2D eigenvalue weighted by molar-refractivity contribution is -0.122. The van der Waals surface area contributed by atoms with Gasteiger partial charge in [-0.2, -0.15) is 0 Å². The summed E-state index contributed by atoms with van der Waals surface area (Å²) in [5, 5.41) is 4.60. The topological polar surface area (TPSA) is 82.3 Å². The zero-order valence-corrected chi connectivity index (χ0v) is 17.3. The SMILES string of the molecule is Cc1ccc(-n2c(=O)c3sccc3n(CC(=O)NC[C@@H]3CCCO3)c2=O)cc1C. The van der Waals surface area contributed by atoms with Crippen molar-refractivity contribution in [3.8, 4) is 5.69 Å². The van der Waals surface area contributed by atoms with Gasteiger partial charge in [0.15, 0.2) is 0 Å². The minimum atomic E-state index is -0.517. The molecule has 0 bridgehead atoms. The fraction of sp³-hybridized carbons (Fsp3) is 0.381. The Balaban J connectivity index is 1.72. The first-order chi connectivity index (χ1) is 14.0. The molecule has 1 fully saturated rings. The Morgan fingerprint density at radius 2 is 2.07 bits per heavy atom. The number of nitrogens with zero attached hydrogens (tertiary/aromatic N) is 2.